The second-order valence-corrected chi connectivity index (χ2v) is 3.50. The zero-order valence-corrected chi connectivity index (χ0v) is 9.17. The maximum absolute atomic E-state index is 11.4. The number of carbonyl (C=O) groups excluding carboxylic acids is 2. The Balaban J connectivity index is 2.71. The minimum atomic E-state index is -0.130. The van der Waals surface area contributed by atoms with Gasteiger partial charge in [-0.3, -0.25) is 9.59 Å². The molecule has 0 atom stereocenters. The summed E-state index contributed by atoms with van der Waals surface area (Å²) in [7, 11) is 0. The van der Waals surface area contributed by atoms with Gasteiger partial charge in [0.2, 0.25) is 5.91 Å². The van der Waals surface area contributed by atoms with Crippen molar-refractivity contribution in [1.29, 1.82) is 0 Å². The number of rotatable bonds is 4. The molecule has 0 bridgehead atoms. The predicted molar refractivity (Wildman–Crippen MR) is 60.4 cm³/mol. The topological polar surface area (TPSA) is 46.2 Å². The van der Waals surface area contributed by atoms with E-state index in [2.05, 4.69) is 5.32 Å². The maximum Gasteiger partial charge on any atom is 0.221 e. The molecule has 0 heterocycles. The van der Waals surface area contributed by atoms with E-state index < -0.39 is 0 Å². The molecule has 0 aliphatic rings. The lowest BCUT2D eigenvalue weighted by Gasteiger charge is -2.03. The molecule has 0 saturated carbocycles. The van der Waals surface area contributed by atoms with E-state index in [9.17, 15) is 9.59 Å². The van der Waals surface area contributed by atoms with E-state index >= 15 is 0 Å². The minimum absolute atomic E-state index is 0.0133. The van der Waals surface area contributed by atoms with E-state index in [0.717, 1.165) is 0 Å². The van der Waals surface area contributed by atoms with Crippen molar-refractivity contribution in [3.05, 3.63) is 29.8 Å². The molecule has 80 valence electrons. The SMILES string of the molecule is CC(=O)Nc1ccc(C(=O)CCCl)cc1. The molecule has 0 aromatic heterocycles. The zero-order chi connectivity index (χ0) is 11.3. The number of alkyl halides is 1. The third-order valence-electron chi connectivity index (χ3n) is 1.85. The molecule has 1 N–H and O–H groups in total. The van der Waals surface area contributed by atoms with Crippen molar-refractivity contribution in [2.45, 2.75) is 13.3 Å². The number of carbonyl (C=O) groups is 2. The standard InChI is InChI=1S/C11H12ClNO2/c1-8(14)13-10-4-2-9(3-5-10)11(15)6-7-12/h2-5H,6-7H2,1H3,(H,13,14). The fraction of sp³-hybridized carbons (Fsp3) is 0.273. The average Bonchev–Trinajstić information content (AvgIpc) is 2.18. The molecule has 4 heteroatoms. The molecule has 1 amide bonds. The van der Waals surface area contributed by atoms with Gasteiger partial charge in [0.1, 0.15) is 0 Å². The van der Waals surface area contributed by atoms with Crippen LogP contribution < -0.4 is 5.32 Å². The lowest BCUT2D eigenvalue weighted by molar-refractivity contribution is -0.114. The van der Waals surface area contributed by atoms with Crippen molar-refractivity contribution in [2.75, 3.05) is 11.2 Å². The number of amides is 1. The van der Waals surface area contributed by atoms with Crippen LogP contribution in [0.1, 0.15) is 23.7 Å². The first kappa shape index (κ1) is 11.7. The van der Waals surface area contributed by atoms with Crippen LogP contribution in [-0.2, 0) is 4.79 Å². The molecule has 1 aromatic rings. The lowest BCUT2D eigenvalue weighted by Crippen LogP contribution is -2.06. The van der Waals surface area contributed by atoms with Gasteiger partial charge in [-0.2, -0.15) is 0 Å². The third kappa shape index (κ3) is 3.72. The van der Waals surface area contributed by atoms with Gasteiger partial charge in [-0.05, 0) is 24.3 Å². The van der Waals surface area contributed by atoms with E-state index in [1.165, 1.54) is 6.92 Å². The third-order valence-corrected chi connectivity index (χ3v) is 2.04. The summed E-state index contributed by atoms with van der Waals surface area (Å²) < 4.78 is 0. The van der Waals surface area contributed by atoms with Crippen molar-refractivity contribution in [3.63, 3.8) is 0 Å². The fourth-order valence-electron chi connectivity index (χ4n) is 1.17. The molecule has 1 rings (SSSR count). The van der Waals surface area contributed by atoms with Crippen LogP contribution in [0.2, 0.25) is 0 Å². The van der Waals surface area contributed by atoms with Gasteiger partial charge in [-0.1, -0.05) is 0 Å². The Morgan fingerprint density at radius 2 is 1.87 bits per heavy atom. The highest BCUT2D eigenvalue weighted by Crippen LogP contribution is 2.11. The molecular weight excluding hydrogens is 214 g/mol. The number of nitrogens with one attached hydrogen (secondary N) is 1. The Kier molecular flexibility index (Phi) is 4.31. The Labute approximate surface area is 93.4 Å². The Morgan fingerprint density at radius 3 is 2.33 bits per heavy atom. The first-order chi connectivity index (χ1) is 7.13. The Morgan fingerprint density at radius 1 is 1.27 bits per heavy atom. The van der Waals surface area contributed by atoms with Gasteiger partial charge in [-0.25, -0.2) is 0 Å². The number of benzene rings is 1. The summed E-state index contributed by atoms with van der Waals surface area (Å²) in [6, 6.07) is 6.76. The van der Waals surface area contributed by atoms with Crippen LogP contribution in [0.4, 0.5) is 5.69 Å². The first-order valence-electron chi connectivity index (χ1n) is 4.60. The van der Waals surface area contributed by atoms with Crippen LogP contribution in [0.3, 0.4) is 0 Å². The average molecular weight is 226 g/mol. The molecule has 15 heavy (non-hydrogen) atoms. The van der Waals surface area contributed by atoms with Crippen LogP contribution in [0.25, 0.3) is 0 Å². The Hall–Kier alpha value is -1.35. The highest BCUT2D eigenvalue weighted by Gasteiger charge is 2.04. The summed E-state index contributed by atoms with van der Waals surface area (Å²) >= 11 is 5.47. The van der Waals surface area contributed by atoms with Gasteiger partial charge in [0.05, 0.1) is 0 Å². The molecular formula is C11H12ClNO2. The van der Waals surface area contributed by atoms with E-state index in [-0.39, 0.29) is 11.7 Å². The fourth-order valence-corrected chi connectivity index (χ4v) is 1.34. The molecule has 1 aromatic carbocycles. The second kappa shape index (κ2) is 5.51. The Bertz CT molecular complexity index is 359. The van der Waals surface area contributed by atoms with Crippen molar-refractivity contribution in [3.8, 4) is 0 Å². The molecule has 0 radical (unpaired) electrons. The molecule has 0 aliphatic heterocycles. The number of halogens is 1. The minimum Gasteiger partial charge on any atom is -0.326 e. The van der Waals surface area contributed by atoms with Gasteiger partial charge in [0.25, 0.3) is 0 Å². The van der Waals surface area contributed by atoms with Crippen molar-refractivity contribution >= 4 is 29.0 Å². The van der Waals surface area contributed by atoms with E-state index in [0.29, 0.717) is 23.6 Å². The maximum atomic E-state index is 11.4. The highest BCUT2D eigenvalue weighted by atomic mass is 35.5. The van der Waals surface area contributed by atoms with Crippen LogP contribution in [0, 0.1) is 0 Å². The predicted octanol–water partition coefficient (Wildman–Crippen LogP) is 2.46. The molecule has 0 unspecified atom stereocenters. The summed E-state index contributed by atoms with van der Waals surface area (Å²) in [4.78, 5) is 22.1. The van der Waals surface area contributed by atoms with E-state index in [4.69, 9.17) is 11.6 Å². The van der Waals surface area contributed by atoms with Crippen LogP contribution in [0.5, 0.6) is 0 Å². The number of hydrogen-bond donors (Lipinski definition) is 1. The summed E-state index contributed by atoms with van der Waals surface area (Å²) in [6.45, 7) is 1.44. The highest BCUT2D eigenvalue weighted by molar-refractivity contribution is 6.19. The van der Waals surface area contributed by atoms with E-state index in [1.54, 1.807) is 24.3 Å². The van der Waals surface area contributed by atoms with Gasteiger partial charge in [0, 0.05) is 30.5 Å². The van der Waals surface area contributed by atoms with Crippen molar-refractivity contribution < 1.29 is 9.59 Å². The number of hydrogen-bond acceptors (Lipinski definition) is 2. The van der Waals surface area contributed by atoms with Crippen molar-refractivity contribution in [2.24, 2.45) is 0 Å². The van der Waals surface area contributed by atoms with E-state index in [1.807, 2.05) is 0 Å². The number of anilines is 1. The van der Waals surface area contributed by atoms with Gasteiger partial charge in [0.15, 0.2) is 5.78 Å². The molecule has 0 aliphatic carbocycles. The van der Waals surface area contributed by atoms with Gasteiger partial charge < -0.3 is 5.32 Å². The summed E-state index contributed by atoms with van der Waals surface area (Å²) in [5.74, 6) is 0.209. The molecule has 0 saturated heterocycles. The molecule has 3 nitrogen and oxygen atoms in total. The van der Waals surface area contributed by atoms with Gasteiger partial charge in [-0.15, -0.1) is 11.6 Å². The van der Waals surface area contributed by atoms with Crippen LogP contribution in [0.15, 0.2) is 24.3 Å². The van der Waals surface area contributed by atoms with Crippen molar-refractivity contribution in [1.82, 2.24) is 0 Å². The largest absolute Gasteiger partial charge is 0.326 e. The quantitative estimate of drug-likeness (QED) is 0.632. The molecule has 0 spiro atoms. The number of Topliss-reactive ketones (excluding diaryl/α,β-unsaturated/α-hetero) is 1. The van der Waals surface area contributed by atoms with Crippen LogP contribution in [-0.4, -0.2) is 17.6 Å². The summed E-state index contributed by atoms with van der Waals surface area (Å²) in [5, 5.41) is 2.63. The number of ketones is 1. The normalized spacial score (nSPS) is 9.73. The lowest BCUT2D eigenvalue weighted by atomic mass is 10.1. The summed E-state index contributed by atoms with van der Waals surface area (Å²) in [5.41, 5.74) is 1.30. The monoisotopic (exact) mass is 225 g/mol. The zero-order valence-electron chi connectivity index (χ0n) is 8.42. The smallest absolute Gasteiger partial charge is 0.221 e. The second-order valence-electron chi connectivity index (χ2n) is 3.12. The van der Waals surface area contributed by atoms with Gasteiger partial charge >= 0.3 is 0 Å². The molecule has 0 fully saturated rings. The first-order valence-corrected chi connectivity index (χ1v) is 5.13. The summed E-state index contributed by atoms with van der Waals surface area (Å²) in [6.07, 6.45) is 0.334. The van der Waals surface area contributed by atoms with Crippen LogP contribution >= 0.6 is 11.6 Å².